The monoisotopic (exact) mass is 210 g/mol. The van der Waals surface area contributed by atoms with Crippen LogP contribution in [-0.4, -0.2) is 26.2 Å². The van der Waals surface area contributed by atoms with E-state index in [4.69, 9.17) is 11.6 Å². The molecule has 76 valence electrons. The van der Waals surface area contributed by atoms with Crippen LogP contribution in [0.1, 0.15) is 0 Å². The highest BCUT2D eigenvalue weighted by Gasteiger charge is 2.15. The third-order valence-electron chi connectivity index (χ3n) is 2.66. The highest BCUT2D eigenvalue weighted by molar-refractivity contribution is 6.33. The predicted molar refractivity (Wildman–Crippen MR) is 59.7 cm³/mol. The highest BCUT2D eigenvalue weighted by atomic mass is 35.5. The summed E-state index contributed by atoms with van der Waals surface area (Å²) in [7, 11) is 4.01. The fraction of sp³-hybridized carbons (Fsp3) is 0.364. The topological polar surface area (TPSA) is 7.68 Å². The Hall–Kier alpha value is -0.730. The van der Waals surface area contributed by atoms with E-state index in [-0.39, 0.29) is 0 Å². The number of anilines is 1. The molecule has 1 saturated heterocycles. The molecule has 0 aromatic heterocycles. The van der Waals surface area contributed by atoms with Gasteiger partial charge in [0.2, 0.25) is 0 Å². The first kappa shape index (κ1) is 9.81. The van der Waals surface area contributed by atoms with Crippen LogP contribution in [0.2, 0.25) is 5.02 Å². The van der Waals surface area contributed by atoms with E-state index >= 15 is 0 Å². The van der Waals surface area contributed by atoms with E-state index in [0.717, 1.165) is 36.9 Å². The fourth-order valence-electron chi connectivity index (χ4n) is 1.77. The van der Waals surface area contributed by atoms with Crippen molar-refractivity contribution in [3.05, 3.63) is 36.3 Å². The SMILES string of the molecule is [CH2-][NH+]1CCN(c2ccccc2Cl)CC1. The van der Waals surface area contributed by atoms with E-state index in [1.807, 2.05) is 18.2 Å². The lowest BCUT2D eigenvalue weighted by molar-refractivity contribution is -0.854. The molecule has 1 fully saturated rings. The minimum absolute atomic E-state index is 0.847. The molecule has 2 nitrogen and oxygen atoms in total. The Labute approximate surface area is 90.1 Å². The van der Waals surface area contributed by atoms with Gasteiger partial charge in [-0.25, -0.2) is 0 Å². The molecular formula is C11H15ClN2. The molecule has 1 aliphatic rings. The van der Waals surface area contributed by atoms with Crippen LogP contribution in [-0.2, 0) is 0 Å². The van der Waals surface area contributed by atoms with Crippen LogP contribution in [0, 0.1) is 7.05 Å². The number of nitrogens with zero attached hydrogens (tertiary/aromatic N) is 1. The summed E-state index contributed by atoms with van der Waals surface area (Å²) in [6.45, 7) is 4.27. The van der Waals surface area contributed by atoms with Crippen molar-refractivity contribution < 1.29 is 4.90 Å². The van der Waals surface area contributed by atoms with Gasteiger partial charge in [-0.15, -0.1) is 0 Å². The average molecular weight is 211 g/mol. The zero-order chi connectivity index (χ0) is 9.97. The summed E-state index contributed by atoms with van der Waals surface area (Å²) in [5.74, 6) is 0. The molecule has 0 amide bonds. The number of hydrogen-bond donors (Lipinski definition) is 1. The molecule has 3 heteroatoms. The maximum Gasteiger partial charge on any atom is 0.0709 e. The number of rotatable bonds is 1. The van der Waals surface area contributed by atoms with Gasteiger partial charge in [-0.2, -0.15) is 7.05 Å². The van der Waals surface area contributed by atoms with Gasteiger partial charge in [0.25, 0.3) is 0 Å². The predicted octanol–water partition coefficient (Wildman–Crippen LogP) is 0.836. The van der Waals surface area contributed by atoms with Crippen LogP contribution >= 0.6 is 11.6 Å². The van der Waals surface area contributed by atoms with E-state index in [2.05, 4.69) is 18.0 Å². The van der Waals surface area contributed by atoms with Gasteiger partial charge in [0.05, 0.1) is 36.9 Å². The van der Waals surface area contributed by atoms with E-state index in [0.29, 0.717) is 0 Å². The summed E-state index contributed by atoms with van der Waals surface area (Å²) in [4.78, 5) is 3.69. The molecule has 0 radical (unpaired) electrons. The molecular weight excluding hydrogens is 196 g/mol. The van der Waals surface area contributed by atoms with Gasteiger partial charge in [-0.05, 0) is 12.1 Å². The molecule has 0 atom stereocenters. The number of hydrogen-bond acceptors (Lipinski definition) is 1. The molecule has 0 spiro atoms. The molecule has 2 rings (SSSR count). The van der Waals surface area contributed by atoms with E-state index < -0.39 is 0 Å². The second-order valence-electron chi connectivity index (χ2n) is 3.69. The molecule has 1 aromatic carbocycles. The lowest BCUT2D eigenvalue weighted by Gasteiger charge is -2.35. The molecule has 0 saturated carbocycles. The quantitative estimate of drug-likeness (QED) is 0.675. The Morgan fingerprint density at radius 3 is 2.50 bits per heavy atom. The standard InChI is InChI=1S/C11H15ClN2/c1-13-6-8-14(9-7-13)11-5-3-2-4-10(11)12/h2-5,13H,1,6-9H2. The summed E-state index contributed by atoms with van der Waals surface area (Å²) in [6, 6.07) is 8.02. The number of quaternary nitrogens is 1. The third kappa shape index (κ3) is 2.02. The first-order chi connectivity index (χ1) is 6.77. The fourth-order valence-corrected chi connectivity index (χ4v) is 2.03. The normalized spacial score (nSPS) is 18.6. The minimum Gasteiger partial charge on any atom is -0.465 e. The van der Waals surface area contributed by atoms with Crippen molar-refractivity contribution in [3.8, 4) is 0 Å². The molecule has 0 unspecified atom stereocenters. The first-order valence-corrected chi connectivity index (χ1v) is 5.31. The smallest absolute Gasteiger partial charge is 0.0709 e. The molecule has 1 aliphatic heterocycles. The molecule has 0 aliphatic carbocycles. The van der Waals surface area contributed by atoms with Gasteiger partial charge in [0, 0.05) is 0 Å². The number of piperazine rings is 1. The molecule has 14 heavy (non-hydrogen) atoms. The zero-order valence-corrected chi connectivity index (χ0v) is 8.93. The van der Waals surface area contributed by atoms with Crippen molar-refractivity contribution in [1.29, 1.82) is 0 Å². The van der Waals surface area contributed by atoms with Crippen LogP contribution in [0.15, 0.2) is 24.3 Å². The number of para-hydroxylation sites is 1. The summed E-state index contributed by atoms with van der Waals surface area (Å²) in [5, 5.41) is 0.847. The highest BCUT2D eigenvalue weighted by Crippen LogP contribution is 2.24. The second-order valence-corrected chi connectivity index (χ2v) is 4.10. The average Bonchev–Trinajstić information content (AvgIpc) is 2.20. The van der Waals surface area contributed by atoms with E-state index in [1.54, 1.807) is 0 Å². The van der Waals surface area contributed by atoms with Gasteiger partial charge in [-0.3, -0.25) is 0 Å². The summed E-state index contributed by atoms with van der Waals surface area (Å²) in [6.07, 6.45) is 0. The van der Waals surface area contributed by atoms with Gasteiger partial charge in [0.1, 0.15) is 0 Å². The van der Waals surface area contributed by atoms with Gasteiger partial charge in [-0.1, -0.05) is 23.7 Å². The lowest BCUT2D eigenvalue weighted by Crippen LogP contribution is -3.10. The zero-order valence-electron chi connectivity index (χ0n) is 8.17. The molecule has 0 bridgehead atoms. The molecule has 1 aromatic rings. The van der Waals surface area contributed by atoms with Gasteiger partial charge in [0.15, 0.2) is 0 Å². The van der Waals surface area contributed by atoms with Crippen LogP contribution in [0.3, 0.4) is 0 Å². The van der Waals surface area contributed by atoms with Crippen LogP contribution < -0.4 is 9.80 Å². The summed E-state index contributed by atoms with van der Waals surface area (Å²) in [5.41, 5.74) is 1.15. The Morgan fingerprint density at radius 2 is 1.86 bits per heavy atom. The Morgan fingerprint density at radius 1 is 1.21 bits per heavy atom. The largest absolute Gasteiger partial charge is 0.465 e. The van der Waals surface area contributed by atoms with Gasteiger partial charge >= 0.3 is 0 Å². The Kier molecular flexibility index (Phi) is 2.94. The lowest BCUT2D eigenvalue weighted by atomic mass is 10.2. The maximum atomic E-state index is 6.13. The van der Waals surface area contributed by atoms with Crippen molar-refractivity contribution in [2.24, 2.45) is 0 Å². The van der Waals surface area contributed by atoms with Crippen molar-refractivity contribution in [3.63, 3.8) is 0 Å². The maximum absolute atomic E-state index is 6.13. The van der Waals surface area contributed by atoms with Crippen LogP contribution in [0.5, 0.6) is 0 Å². The van der Waals surface area contributed by atoms with Crippen LogP contribution in [0.25, 0.3) is 0 Å². The molecule has 1 heterocycles. The molecule has 1 N–H and O–H groups in total. The van der Waals surface area contributed by atoms with Gasteiger partial charge < -0.3 is 9.80 Å². The Balaban J connectivity index is 2.12. The first-order valence-electron chi connectivity index (χ1n) is 4.93. The second kappa shape index (κ2) is 4.20. The van der Waals surface area contributed by atoms with E-state index in [1.165, 1.54) is 4.90 Å². The van der Waals surface area contributed by atoms with Crippen molar-refractivity contribution in [1.82, 2.24) is 0 Å². The number of halogens is 1. The van der Waals surface area contributed by atoms with Crippen LogP contribution in [0.4, 0.5) is 5.69 Å². The number of nitrogens with one attached hydrogen (secondary N) is 1. The summed E-state index contributed by atoms with van der Waals surface area (Å²) < 4.78 is 0. The van der Waals surface area contributed by atoms with E-state index in [9.17, 15) is 0 Å². The summed E-state index contributed by atoms with van der Waals surface area (Å²) >= 11 is 6.13. The number of benzene rings is 1. The van der Waals surface area contributed by atoms with Crippen molar-refractivity contribution in [2.75, 3.05) is 31.1 Å². The minimum atomic E-state index is 0.847. The third-order valence-corrected chi connectivity index (χ3v) is 2.98. The Bertz CT molecular complexity index is 306. The van der Waals surface area contributed by atoms with Crippen molar-refractivity contribution in [2.45, 2.75) is 0 Å². The van der Waals surface area contributed by atoms with Crippen molar-refractivity contribution >= 4 is 17.3 Å².